The second-order valence-electron chi connectivity index (χ2n) is 7.68. The third-order valence-corrected chi connectivity index (χ3v) is 5.86. The summed E-state index contributed by atoms with van der Waals surface area (Å²) >= 11 is 0. The van der Waals surface area contributed by atoms with Gasteiger partial charge in [0, 0.05) is 18.0 Å². The van der Waals surface area contributed by atoms with Gasteiger partial charge < -0.3 is 15.1 Å². The maximum absolute atomic E-state index is 13.4. The zero-order chi connectivity index (χ0) is 20.2. The van der Waals surface area contributed by atoms with E-state index in [0.29, 0.717) is 18.7 Å². The minimum Gasteiger partial charge on any atom is -0.325 e. The number of rotatable bonds is 4. The Labute approximate surface area is 194 Å². The van der Waals surface area contributed by atoms with Gasteiger partial charge in [0.25, 0.3) is 5.91 Å². The minimum atomic E-state index is -0.383. The number of amides is 2. The van der Waals surface area contributed by atoms with Crippen molar-refractivity contribution in [2.75, 3.05) is 26.2 Å². The summed E-state index contributed by atoms with van der Waals surface area (Å²) in [6.45, 7) is 2.21. The number of halogens is 2. The molecule has 1 aromatic heterocycles. The lowest BCUT2D eigenvalue weighted by molar-refractivity contribution is -0.132. The average molecular weight is 464 g/mol. The van der Waals surface area contributed by atoms with Gasteiger partial charge in [-0.05, 0) is 50.9 Å². The normalized spacial score (nSPS) is 18.5. The summed E-state index contributed by atoms with van der Waals surface area (Å²) in [5, 5.41) is 13.6. The van der Waals surface area contributed by atoms with E-state index in [1.807, 2.05) is 30.3 Å². The monoisotopic (exact) mass is 463 g/mol. The molecule has 7 nitrogen and oxygen atoms in total. The molecule has 2 fully saturated rings. The number of pyridine rings is 1. The maximum Gasteiger partial charge on any atom is 0.273 e. The molecule has 0 spiro atoms. The van der Waals surface area contributed by atoms with Crippen LogP contribution in [0, 0.1) is 11.3 Å². The Bertz CT molecular complexity index is 958. The highest BCUT2D eigenvalue weighted by Crippen LogP contribution is 2.21. The van der Waals surface area contributed by atoms with E-state index in [-0.39, 0.29) is 55.3 Å². The third kappa shape index (κ3) is 5.45. The summed E-state index contributed by atoms with van der Waals surface area (Å²) in [7, 11) is 0. The Balaban J connectivity index is 0.00000171. The molecule has 9 heteroatoms. The fraction of sp³-hybridized carbons (Fsp3) is 0.455. The van der Waals surface area contributed by atoms with Gasteiger partial charge >= 0.3 is 0 Å². The molecule has 0 saturated carbocycles. The van der Waals surface area contributed by atoms with E-state index in [0.717, 1.165) is 43.3 Å². The van der Waals surface area contributed by atoms with E-state index in [1.54, 1.807) is 15.9 Å². The van der Waals surface area contributed by atoms with Crippen LogP contribution in [0.2, 0.25) is 0 Å². The number of hydrogen-bond acceptors (Lipinski definition) is 5. The Kier molecular flexibility index (Phi) is 9.05. The van der Waals surface area contributed by atoms with Gasteiger partial charge in [-0.2, -0.15) is 5.26 Å². The van der Waals surface area contributed by atoms with Crippen molar-refractivity contribution in [3.8, 4) is 6.07 Å². The molecule has 0 aliphatic carbocycles. The number of nitrogens with zero attached hydrogens (tertiary/aromatic N) is 4. The lowest BCUT2D eigenvalue weighted by Gasteiger charge is -2.35. The summed E-state index contributed by atoms with van der Waals surface area (Å²) in [4.78, 5) is 34.2. The third-order valence-electron chi connectivity index (χ3n) is 5.86. The molecule has 2 aliphatic heterocycles. The number of fused-ring (bicyclic) bond motifs is 1. The SMILES string of the molecule is Cl.Cl.N#C[C@@H]1CCCN1C(=O)CN(C(=O)c1ccc2ccccc2n1)C1CCNCC1. The number of carbonyl (C=O) groups excluding carboxylic acids is 2. The van der Waals surface area contributed by atoms with Crippen molar-refractivity contribution in [3.63, 3.8) is 0 Å². The number of nitriles is 1. The average Bonchev–Trinajstić information content (AvgIpc) is 3.26. The van der Waals surface area contributed by atoms with E-state index in [1.165, 1.54) is 0 Å². The first-order chi connectivity index (χ1) is 14.2. The molecule has 31 heavy (non-hydrogen) atoms. The Morgan fingerprint density at radius 3 is 2.61 bits per heavy atom. The largest absolute Gasteiger partial charge is 0.325 e. The molecule has 0 radical (unpaired) electrons. The molecular weight excluding hydrogens is 437 g/mol. The van der Waals surface area contributed by atoms with E-state index >= 15 is 0 Å². The number of hydrogen-bond donors (Lipinski definition) is 1. The van der Waals surface area contributed by atoms with Crippen molar-refractivity contribution in [1.82, 2.24) is 20.1 Å². The van der Waals surface area contributed by atoms with Gasteiger partial charge in [0.1, 0.15) is 18.3 Å². The minimum absolute atomic E-state index is 0. The number of aromatic nitrogens is 1. The van der Waals surface area contributed by atoms with E-state index < -0.39 is 0 Å². The number of likely N-dealkylation sites (tertiary alicyclic amines) is 1. The summed E-state index contributed by atoms with van der Waals surface area (Å²) in [6.07, 6.45) is 3.13. The van der Waals surface area contributed by atoms with E-state index in [4.69, 9.17) is 0 Å². The molecule has 0 unspecified atom stereocenters. The molecule has 166 valence electrons. The Morgan fingerprint density at radius 2 is 1.87 bits per heavy atom. The number of para-hydroxylation sites is 1. The Morgan fingerprint density at radius 1 is 1.13 bits per heavy atom. The topological polar surface area (TPSA) is 89.3 Å². The predicted molar refractivity (Wildman–Crippen MR) is 124 cm³/mol. The summed E-state index contributed by atoms with van der Waals surface area (Å²) in [5.74, 6) is -0.370. The van der Waals surface area contributed by atoms with Crippen LogP contribution in [0.3, 0.4) is 0 Å². The molecule has 4 rings (SSSR count). The first kappa shape index (κ1) is 24.9. The number of carbonyl (C=O) groups is 2. The van der Waals surface area contributed by atoms with Gasteiger partial charge in [-0.25, -0.2) is 4.98 Å². The van der Waals surface area contributed by atoms with Gasteiger partial charge in [0.2, 0.25) is 5.91 Å². The number of benzene rings is 1. The van der Waals surface area contributed by atoms with Crippen molar-refractivity contribution in [2.24, 2.45) is 0 Å². The van der Waals surface area contributed by atoms with E-state index in [9.17, 15) is 14.9 Å². The smallest absolute Gasteiger partial charge is 0.273 e. The standard InChI is InChI=1S/C22H25N5O2.2ClH/c23-14-18-5-3-13-26(18)21(28)15-27(17-9-11-24-12-10-17)22(29)20-8-7-16-4-1-2-6-19(16)25-20;;/h1-2,4,6-8,17-18,24H,3,5,9-13,15H2;2*1H/t18-;;/m0../s1. The molecule has 2 saturated heterocycles. The van der Waals surface area contributed by atoms with Crippen LogP contribution >= 0.6 is 24.8 Å². The van der Waals surface area contributed by atoms with Crippen molar-refractivity contribution in [3.05, 3.63) is 42.1 Å². The number of nitrogens with one attached hydrogen (secondary N) is 1. The van der Waals surface area contributed by atoms with Gasteiger partial charge in [-0.1, -0.05) is 24.3 Å². The van der Waals surface area contributed by atoms with Crippen LogP contribution in [0.1, 0.15) is 36.2 Å². The van der Waals surface area contributed by atoms with Crippen molar-refractivity contribution < 1.29 is 9.59 Å². The number of piperidine rings is 1. The van der Waals surface area contributed by atoms with Crippen molar-refractivity contribution in [2.45, 2.75) is 37.8 Å². The predicted octanol–water partition coefficient (Wildman–Crippen LogP) is 2.79. The molecule has 3 heterocycles. The lowest BCUT2D eigenvalue weighted by Crippen LogP contribution is -2.51. The van der Waals surface area contributed by atoms with Crippen LogP contribution in [-0.4, -0.2) is 64.9 Å². The second kappa shape index (κ2) is 11.3. The van der Waals surface area contributed by atoms with Crippen LogP contribution in [-0.2, 0) is 4.79 Å². The highest BCUT2D eigenvalue weighted by atomic mass is 35.5. The maximum atomic E-state index is 13.4. The zero-order valence-electron chi connectivity index (χ0n) is 17.2. The molecule has 0 bridgehead atoms. The van der Waals surface area contributed by atoms with Crippen LogP contribution < -0.4 is 5.32 Å². The zero-order valence-corrected chi connectivity index (χ0v) is 18.8. The molecule has 1 atom stereocenters. The summed E-state index contributed by atoms with van der Waals surface area (Å²) < 4.78 is 0. The summed E-state index contributed by atoms with van der Waals surface area (Å²) in [5.41, 5.74) is 1.12. The van der Waals surface area contributed by atoms with Gasteiger partial charge in [0.15, 0.2) is 0 Å². The highest BCUT2D eigenvalue weighted by molar-refractivity contribution is 5.97. The summed E-state index contributed by atoms with van der Waals surface area (Å²) in [6, 6.07) is 13.1. The van der Waals surface area contributed by atoms with Gasteiger partial charge in [-0.15, -0.1) is 24.8 Å². The lowest BCUT2D eigenvalue weighted by atomic mass is 10.0. The van der Waals surface area contributed by atoms with E-state index in [2.05, 4.69) is 16.4 Å². The van der Waals surface area contributed by atoms with Crippen LogP contribution in [0.15, 0.2) is 36.4 Å². The van der Waals surface area contributed by atoms with Gasteiger partial charge in [0.05, 0.1) is 11.6 Å². The van der Waals surface area contributed by atoms with Crippen molar-refractivity contribution in [1.29, 1.82) is 5.26 Å². The fourth-order valence-corrected chi connectivity index (χ4v) is 4.25. The van der Waals surface area contributed by atoms with Crippen LogP contribution in [0.5, 0.6) is 0 Å². The molecule has 2 aliphatic rings. The van der Waals surface area contributed by atoms with Gasteiger partial charge in [-0.3, -0.25) is 9.59 Å². The molecule has 1 N–H and O–H groups in total. The molecule has 1 aromatic carbocycles. The quantitative estimate of drug-likeness (QED) is 0.752. The fourth-order valence-electron chi connectivity index (χ4n) is 4.25. The molecule has 2 aromatic rings. The second-order valence-corrected chi connectivity index (χ2v) is 7.68. The molecule has 2 amide bonds. The van der Waals surface area contributed by atoms with Crippen LogP contribution in [0.25, 0.3) is 10.9 Å². The molecular formula is C22H27Cl2N5O2. The van der Waals surface area contributed by atoms with Crippen molar-refractivity contribution >= 4 is 47.5 Å². The highest BCUT2D eigenvalue weighted by Gasteiger charge is 2.34. The Hall–Kier alpha value is -2.40. The first-order valence-corrected chi connectivity index (χ1v) is 10.2. The van der Waals surface area contributed by atoms with Crippen LogP contribution in [0.4, 0.5) is 0 Å². The first-order valence-electron chi connectivity index (χ1n) is 10.2.